The lowest BCUT2D eigenvalue weighted by molar-refractivity contribution is 0.192. The molecule has 0 spiro atoms. The zero-order valence-electron chi connectivity index (χ0n) is 21.2. The molecule has 0 amide bonds. The minimum atomic E-state index is 0.784. The highest BCUT2D eigenvalue weighted by Crippen LogP contribution is 2.33. The first-order chi connectivity index (χ1) is 15.3. The van der Waals surface area contributed by atoms with Gasteiger partial charge in [0.2, 0.25) is 0 Å². The molecule has 0 radical (unpaired) electrons. The van der Waals surface area contributed by atoms with E-state index in [-0.39, 0.29) is 0 Å². The van der Waals surface area contributed by atoms with Crippen LogP contribution in [0.2, 0.25) is 0 Å². The molecule has 0 heterocycles. The molecule has 0 N–H and O–H groups in total. The maximum atomic E-state index is 5.84. The van der Waals surface area contributed by atoms with Crippen LogP contribution in [0.4, 0.5) is 0 Å². The Morgan fingerprint density at radius 1 is 0.548 bits per heavy atom. The van der Waals surface area contributed by atoms with Crippen molar-refractivity contribution in [1.29, 1.82) is 0 Å². The summed E-state index contributed by atoms with van der Waals surface area (Å²) in [4.78, 5) is 0. The third kappa shape index (κ3) is 12.9. The van der Waals surface area contributed by atoms with Crippen LogP contribution in [0, 0.1) is 23.7 Å². The van der Waals surface area contributed by atoms with E-state index in [9.17, 15) is 0 Å². The van der Waals surface area contributed by atoms with Gasteiger partial charge in [-0.05, 0) is 75.0 Å². The van der Waals surface area contributed by atoms with Gasteiger partial charge in [-0.25, -0.2) is 0 Å². The molecule has 1 nitrogen and oxygen atoms in total. The Labute approximate surface area is 195 Å². The molecule has 2 aliphatic rings. The second-order valence-electron chi connectivity index (χ2n) is 10.7. The highest BCUT2D eigenvalue weighted by molar-refractivity contribution is 4.93. The molecule has 180 valence electrons. The fraction of sp³-hybridized carbons (Fsp3) is 0.867. The van der Waals surface area contributed by atoms with Crippen molar-refractivity contribution in [2.24, 2.45) is 23.7 Å². The Kier molecular flexibility index (Phi) is 15.4. The Morgan fingerprint density at radius 2 is 0.968 bits per heavy atom. The van der Waals surface area contributed by atoms with Gasteiger partial charge in [-0.2, -0.15) is 0 Å². The van der Waals surface area contributed by atoms with E-state index in [4.69, 9.17) is 4.74 Å². The fourth-order valence-corrected chi connectivity index (χ4v) is 5.76. The third-order valence-electron chi connectivity index (χ3n) is 7.96. The van der Waals surface area contributed by atoms with E-state index in [1.54, 1.807) is 0 Å². The summed E-state index contributed by atoms with van der Waals surface area (Å²) in [6, 6.07) is 0. The quantitative estimate of drug-likeness (QED) is 0.175. The predicted octanol–water partition coefficient (Wildman–Crippen LogP) is 9.67. The molecule has 0 bridgehead atoms. The number of ether oxygens (including phenoxy) is 1. The van der Waals surface area contributed by atoms with Crippen LogP contribution >= 0.6 is 0 Å². The van der Waals surface area contributed by atoms with E-state index in [1.165, 1.54) is 116 Å². The van der Waals surface area contributed by atoms with Crippen LogP contribution in [-0.4, -0.2) is 13.2 Å². The van der Waals surface area contributed by atoms with E-state index >= 15 is 0 Å². The van der Waals surface area contributed by atoms with E-state index in [2.05, 4.69) is 38.2 Å². The number of hydrogen-bond acceptors (Lipinski definition) is 1. The molecule has 2 fully saturated rings. The molecule has 0 atom stereocenters. The molecule has 0 aromatic rings. The zero-order chi connectivity index (χ0) is 22.0. The summed E-state index contributed by atoms with van der Waals surface area (Å²) in [5, 5.41) is 0. The van der Waals surface area contributed by atoms with Crippen LogP contribution in [0.3, 0.4) is 0 Å². The summed E-state index contributed by atoms with van der Waals surface area (Å²) in [6.07, 6.45) is 35.2. The second kappa shape index (κ2) is 17.9. The molecule has 0 saturated heterocycles. The minimum absolute atomic E-state index is 0.784. The highest BCUT2D eigenvalue weighted by Gasteiger charge is 2.19. The summed E-state index contributed by atoms with van der Waals surface area (Å²) >= 11 is 0. The van der Waals surface area contributed by atoms with Crippen molar-refractivity contribution in [3.63, 3.8) is 0 Å². The van der Waals surface area contributed by atoms with Crippen LogP contribution in [0.25, 0.3) is 0 Å². The Hall–Kier alpha value is -0.560. The first-order valence-electron chi connectivity index (χ1n) is 14.2. The highest BCUT2D eigenvalue weighted by atomic mass is 16.5. The topological polar surface area (TPSA) is 9.23 Å². The van der Waals surface area contributed by atoms with Gasteiger partial charge in [-0.3, -0.25) is 0 Å². The normalized spacial score (nSPS) is 27.4. The van der Waals surface area contributed by atoms with Crippen molar-refractivity contribution in [1.82, 2.24) is 0 Å². The molecule has 31 heavy (non-hydrogen) atoms. The monoisotopic (exact) mass is 430 g/mol. The fourth-order valence-electron chi connectivity index (χ4n) is 5.76. The number of hydrogen-bond donors (Lipinski definition) is 0. The SMILES string of the molecule is CCCCCCC1CCC(/C=C/COC/C=C/C2CCC(CCCCCC)CC2)CC1. The molecule has 0 aliphatic heterocycles. The first kappa shape index (κ1) is 26.7. The molecule has 1 heteroatoms. The molecular weight excluding hydrogens is 376 g/mol. The summed E-state index contributed by atoms with van der Waals surface area (Å²) in [5.41, 5.74) is 0. The van der Waals surface area contributed by atoms with Gasteiger partial charge in [0, 0.05) is 0 Å². The maximum Gasteiger partial charge on any atom is 0.0651 e. The summed E-state index contributed by atoms with van der Waals surface area (Å²) < 4.78 is 5.84. The lowest BCUT2D eigenvalue weighted by Crippen LogP contribution is -2.13. The smallest absolute Gasteiger partial charge is 0.0651 e. The Bertz CT molecular complexity index is 407. The first-order valence-corrected chi connectivity index (χ1v) is 14.2. The van der Waals surface area contributed by atoms with Crippen LogP contribution in [-0.2, 0) is 4.74 Å². The van der Waals surface area contributed by atoms with E-state index < -0.39 is 0 Å². The van der Waals surface area contributed by atoms with Crippen molar-refractivity contribution in [2.75, 3.05) is 13.2 Å². The Balaban J connectivity index is 1.43. The number of rotatable bonds is 16. The van der Waals surface area contributed by atoms with Crippen molar-refractivity contribution in [3.05, 3.63) is 24.3 Å². The minimum Gasteiger partial charge on any atom is -0.373 e. The predicted molar refractivity (Wildman–Crippen MR) is 138 cm³/mol. The lowest BCUT2D eigenvalue weighted by atomic mass is 9.79. The third-order valence-corrected chi connectivity index (χ3v) is 7.96. The molecule has 0 aromatic carbocycles. The summed E-state index contributed by atoms with van der Waals surface area (Å²) in [5.74, 6) is 3.64. The van der Waals surface area contributed by atoms with Crippen molar-refractivity contribution in [3.8, 4) is 0 Å². The maximum absolute atomic E-state index is 5.84. The average molecular weight is 431 g/mol. The molecule has 2 rings (SSSR count). The van der Waals surface area contributed by atoms with Gasteiger partial charge >= 0.3 is 0 Å². The summed E-state index contributed by atoms with van der Waals surface area (Å²) in [6.45, 7) is 6.18. The standard InChI is InChI=1S/C30H54O/c1-3-5-7-9-13-27-17-21-29(22-18-27)15-11-25-31-26-12-16-30-23-19-28(20-24-30)14-10-8-6-4-2/h11-12,15-16,27-30H,3-10,13-14,17-26H2,1-2H3/b15-11+,16-12+. The largest absolute Gasteiger partial charge is 0.373 e. The van der Waals surface area contributed by atoms with Gasteiger partial charge in [0.1, 0.15) is 0 Å². The van der Waals surface area contributed by atoms with Crippen LogP contribution < -0.4 is 0 Å². The van der Waals surface area contributed by atoms with Crippen LogP contribution in [0.1, 0.15) is 129 Å². The van der Waals surface area contributed by atoms with Gasteiger partial charge in [0.15, 0.2) is 0 Å². The lowest BCUT2D eigenvalue weighted by Gasteiger charge is -2.26. The molecular formula is C30H54O. The van der Waals surface area contributed by atoms with Gasteiger partial charge in [0.25, 0.3) is 0 Å². The van der Waals surface area contributed by atoms with E-state index in [1.807, 2.05) is 0 Å². The average Bonchev–Trinajstić information content (AvgIpc) is 2.81. The van der Waals surface area contributed by atoms with E-state index in [0.29, 0.717) is 0 Å². The molecule has 0 unspecified atom stereocenters. The van der Waals surface area contributed by atoms with Crippen LogP contribution in [0.5, 0.6) is 0 Å². The molecule has 0 aromatic heterocycles. The van der Waals surface area contributed by atoms with Gasteiger partial charge in [-0.1, -0.05) is 102 Å². The number of allylic oxidation sites excluding steroid dienone is 2. The van der Waals surface area contributed by atoms with Gasteiger partial charge in [-0.15, -0.1) is 0 Å². The van der Waals surface area contributed by atoms with Gasteiger partial charge in [0.05, 0.1) is 13.2 Å². The van der Waals surface area contributed by atoms with E-state index in [0.717, 1.165) is 36.9 Å². The number of unbranched alkanes of at least 4 members (excludes halogenated alkanes) is 6. The van der Waals surface area contributed by atoms with Gasteiger partial charge < -0.3 is 4.74 Å². The van der Waals surface area contributed by atoms with Crippen LogP contribution in [0.15, 0.2) is 24.3 Å². The van der Waals surface area contributed by atoms with Crippen molar-refractivity contribution >= 4 is 0 Å². The zero-order valence-corrected chi connectivity index (χ0v) is 21.2. The van der Waals surface area contributed by atoms with Crippen molar-refractivity contribution < 1.29 is 4.74 Å². The second-order valence-corrected chi connectivity index (χ2v) is 10.7. The molecule has 2 aliphatic carbocycles. The molecule has 2 saturated carbocycles. The van der Waals surface area contributed by atoms with Crippen molar-refractivity contribution in [2.45, 2.75) is 129 Å². The summed E-state index contributed by atoms with van der Waals surface area (Å²) in [7, 11) is 0. The Morgan fingerprint density at radius 3 is 1.35 bits per heavy atom.